The Labute approximate surface area is 195 Å². The Hall–Kier alpha value is -3.38. The zero-order valence-electron chi connectivity index (χ0n) is 17.9. The number of ether oxygens (including phenoxy) is 1. The van der Waals surface area contributed by atoms with Gasteiger partial charge in [-0.3, -0.25) is 14.5 Å². The molecule has 1 unspecified atom stereocenters. The van der Waals surface area contributed by atoms with Crippen molar-refractivity contribution in [3.05, 3.63) is 99.0 Å². The molecule has 1 N–H and O–H groups in total. The Balaban J connectivity index is 1.95. The molecule has 3 aromatic rings. The van der Waals surface area contributed by atoms with Crippen molar-refractivity contribution in [3.8, 4) is 5.75 Å². The number of nitrogens with zero attached hydrogens (tertiary/aromatic N) is 1. The molecule has 1 atom stereocenters. The van der Waals surface area contributed by atoms with E-state index in [0.29, 0.717) is 22.6 Å². The number of hydrogen-bond acceptors (Lipinski definition) is 4. The average molecular weight is 492 g/mol. The Kier molecular flexibility index (Phi) is 5.89. The molecule has 162 valence electrons. The lowest BCUT2D eigenvalue weighted by atomic mass is 9.94. The van der Waals surface area contributed by atoms with Crippen molar-refractivity contribution < 1.29 is 19.4 Å². The van der Waals surface area contributed by atoms with Gasteiger partial charge in [-0.05, 0) is 66.9 Å². The summed E-state index contributed by atoms with van der Waals surface area (Å²) in [6.07, 6.45) is 0. The van der Waals surface area contributed by atoms with E-state index in [2.05, 4.69) is 15.9 Å². The number of aliphatic hydroxyl groups excluding tert-OH is 1. The van der Waals surface area contributed by atoms with Gasteiger partial charge in [0.1, 0.15) is 11.5 Å². The van der Waals surface area contributed by atoms with Crippen LogP contribution in [0.3, 0.4) is 0 Å². The molecule has 1 saturated heterocycles. The number of methoxy groups -OCH3 is 1. The molecule has 0 bridgehead atoms. The van der Waals surface area contributed by atoms with Crippen LogP contribution in [0.4, 0.5) is 5.69 Å². The Morgan fingerprint density at radius 1 is 1.00 bits per heavy atom. The third-order valence-electron chi connectivity index (χ3n) is 5.59. The highest BCUT2D eigenvalue weighted by molar-refractivity contribution is 9.10. The van der Waals surface area contributed by atoms with Gasteiger partial charge in [0.25, 0.3) is 11.7 Å². The molecule has 1 aliphatic heterocycles. The summed E-state index contributed by atoms with van der Waals surface area (Å²) in [5.41, 5.74) is 3.69. The second-order valence-corrected chi connectivity index (χ2v) is 8.60. The van der Waals surface area contributed by atoms with Crippen LogP contribution in [-0.4, -0.2) is 23.9 Å². The number of carbonyl (C=O) groups is 2. The molecule has 4 rings (SSSR count). The van der Waals surface area contributed by atoms with E-state index in [-0.39, 0.29) is 11.3 Å². The molecule has 0 aliphatic carbocycles. The first-order chi connectivity index (χ1) is 15.3. The number of benzene rings is 3. The summed E-state index contributed by atoms with van der Waals surface area (Å²) in [4.78, 5) is 27.8. The van der Waals surface area contributed by atoms with Crippen LogP contribution in [0.2, 0.25) is 0 Å². The van der Waals surface area contributed by atoms with Gasteiger partial charge in [-0.15, -0.1) is 0 Å². The minimum atomic E-state index is -0.772. The molecule has 1 aliphatic rings. The van der Waals surface area contributed by atoms with Gasteiger partial charge in [-0.25, -0.2) is 0 Å². The van der Waals surface area contributed by atoms with Crippen molar-refractivity contribution >= 4 is 39.1 Å². The Morgan fingerprint density at radius 3 is 2.34 bits per heavy atom. The first kappa shape index (κ1) is 21.8. The van der Waals surface area contributed by atoms with E-state index in [9.17, 15) is 14.7 Å². The lowest BCUT2D eigenvalue weighted by Crippen LogP contribution is -2.29. The number of aryl methyl sites for hydroxylation is 2. The summed E-state index contributed by atoms with van der Waals surface area (Å²) in [5.74, 6) is -0.933. The summed E-state index contributed by atoms with van der Waals surface area (Å²) in [6, 6.07) is 19.1. The highest BCUT2D eigenvalue weighted by atomic mass is 79.9. The number of halogens is 1. The van der Waals surface area contributed by atoms with Crippen molar-refractivity contribution in [1.82, 2.24) is 0 Å². The smallest absolute Gasteiger partial charge is 0.300 e. The molecule has 1 amide bonds. The van der Waals surface area contributed by atoms with Crippen LogP contribution in [0.15, 0.2) is 76.8 Å². The van der Waals surface area contributed by atoms with Crippen LogP contribution in [0, 0.1) is 13.8 Å². The Morgan fingerprint density at radius 2 is 1.72 bits per heavy atom. The van der Waals surface area contributed by atoms with Crippen LogP contribution in [-0.2, 0) is 9.59 Å². The van der Waals surface area contributed by atoms with Gasteiger partial charge in [0.15, 0.2) is 0 Å². The minimum Gasteiger partial charge on any atom is -0.507 e. The van der Waals surface area contributed by atoms with Gasteiger partial charge in [0.05, 0.1) is 18.7 Å². The maximum Gasteiger partial charge on any atom is 0.300 e. The lowest BCUT2D eigenvalue weighted by molar-refractivity contribution is -0.132. The van der Waals surface area contributed by atoms with E-state index >= 15 is 0 Å². The second-order valence-electron chi connectivity index (χ2n) is 7.75. The van der Waals surface area contributed by atoms with Gasteiger partial charge in [0.2, 0.25) is 0 Å². The lowest BCUT2D eigenvalue weighted by Gasteiger charge is -2.26. The molecule has 32 heavy (non-hydrogen) atoms. The normalized spacial score (nSPS) is 17.6. The molecule has 1 fully saturated rings. The van der Waals surface area contributed by atoms with E-state index in [0.717, 1.165) is 15.6 Å². The van der Waals surface area contributed by atoms with Crippen molar-refractivity contribution in [2.75, 3.05) is 12.0 Å². The molecule has 6 heteroatoms. The van der Waals surface area contributed by atoms with Gasteiger partial charge in [0, 0.05) is 15.7 Å². The fraction of sp³-hybridized carbons (Fsp3) is 0.154. The van der Waals surface area contributed by atoms with Crippen LogP contribution in [0.5, 0.6) is 5.75 Å². The monoisotopic (exact) mass is 491 g/mol. The molecule has 0 spiro atoms. The van der Waals surface area contributed by atoms with Gasteiger partial charge >= 0.3 is 0 Å². The summed E-state index contributed by atoms with van der Waals surface area (Å²) in [6.45, 7) is 3.82. The van der Waals surface area contributed by atoms with Crippen molar-refractivity contribution in [2.24, 2.45) is 0 Å². The van der Waals surface area contributed by atoms with Crippen LogP contribution >= 0.6 is 15.9 Å². The molecule has 3 aromatic carbocycles. The highest BCUT2D eigenvalue weighted by Gasteiger charge is 2.47. The zero-order valence-corrected chi connectivity index (χ0v) is 19.5. The molecular formula is C26H22BrNO4. The second kappa shape index (κ2) is 8.63. The van der Waals surface area contributed by atoms with E-state index < -0.39 is 17.7 Å². The fourth-order valence-corrected chi connectivity index (χ4v) is 4.17. The number of amides is 1. The maximum atomic E-state index is 13.2. The fourth-order valence-electron chi connectivity index (χ4n) is 3.93. The van der Waals surface area contributed by atoms with Crippen LogP contribution < -0.4 is 9.64 Å². The maximum absolute atomic E-state index is 13.2. The quantitative estimate of drug-likeness (QED) is 0.288. The van der Waals surface area contributed by atoms with E-state index in [1.807, 2.05) is 38.1 Å². The zero-order chi connectivity index (χ0) is 23.0. The van der Waals surface area contributed by atoms with Crippen LogP contribution in [0.1, 0.15) is 28.3 Å². The van der Waals surface area contributed by atoms with E-state index in [4.69, 9.17) is 4.74 Å². The number of hydrogen-bond donors (Lipinski definition) is 1. The largest absolute Gasteiger partial charge is 0.507 e. The van der Waals surface area contributed by atoms with Crippen molar-refractivity contribution in [1.29, 1.82) is 0 Å². The molecule has 1 heterocycles. The SMILES string of the molecule is COc1ccc(C2/C(=C(/O)c3ccc(Br)c(C)c3)C(=O)C(=O)N2c2cccc(C)c2)cc1. The molecule has 0 radical (unpaired) electrons. The van der Waals surface area contributed by atoms with Gasteiger partial charge in [-0.1, -0.05) is 46.3 Å². The number of rotatable bonds is 4. The van der Waals surface area contributed by atoms with E-state index in [1.165, 1.54) is 4.90 Å². The molecular weight excluding hydrogens is 470 g/mol. The highest BCUT2D eigenvalue weighted by Crippen LogP contribution is 2.42. The summed E-state index contributed by atoms with van der Waals surface area (Å²) < 4.78 is 6.15. The van der Waals surface area contributed by atoms with Crippen LogP contribution in [0.25, 0.3) is 5.76 Å². The van der Waals surface area contributed by atoms with Gasteiger partial charge < -0.3 is 9.84 Å². The number of ketones is 1. The first-order valence-electron chi connectivity index (χ1n) is 10.1. The van der Waals surface area contributed by atoms with Crippen molar-refractivity contribution in [2.45, 2.75) is 19.9 Å². The van der Waals surface area contributed by atoms with E-state index in [1.54, 1.807) is 49.6 Å². The standard InChI is InChI=1S/C26H22BrNO4/c1-15-5-4-6-19(13-15)28-23(17-7-10-20(32-3)11-8-17)22(25(30)26(28)31)24(29)18-9-12-21(27)16(2)14-18/h4-14,23,29H,1-3H3/b24-22-. The topological polar surface area (TPSA) is 66.8 Å². The number of Topliss-reactive ketones (excluding diaryl/α,β-unsaturated/α-hetero) is 1. The number of anilines is 1. The molecule has 5 nitrogen and oxygen atoms in total. The summed E-state index contributed by atoms with van der Waals surface area (Å²) >= 11 is 3.45. The predicted octanol–water partition coefficient (Wildman–Crippen LogP) is 5.70. The third kappa shape index (κ3) is 3.82. The first-order valence-corrected chi connectivity index (χ1v) is 10.9. The van der Waals surface area contributed by atoms with Gasteiger partial charge in [-0.2, -0.15) is 0 Å². The Bertz CT molecular complexity index is 1250. The predicted molar refractivity (Wildman–Crippen MR) is 128 cm³/mol. The van der Waals surface area contributed by atoms with Crippen molar-refractivity contribution in [3.63, 3.8) is 0 Å². The number of carbonyl (C=O) groups excluding carboxylic acids is 2. The summed E-state index contributed by atoms with van der Waals surface area (Å²) in [5, 5.41) is 11.2. The number of aliphatic hydroxyl groups is 1. The summed E-state index contributed by atoms with van der Waals surface area (Å²) in [7, 11) is 1.57. The molecule has 0 saturated carbocycles. The molecule has 0 aromatic heterocycles. The minimum absolute atomic E-state index is 0.0587. The average Bonchev–Trinajstić information content (AvgIpc) is 3.06. The third-order valence-corrected chi connectivity index (χ3v) is 6.48.